The van der Waals surface area contributed by atoms with Gasteiger partial charge in [-0.15, -0.1) is 0 Å². The maximum atomic E-state index is 14.2. The van der Waals surface area contributed by atoms with E-state index >= 15 is 0 Å². The van der Waals surface area contributed by atoms with Gasteiger partial charge in [-0.05, 0) is 73.5 Å². The van der Waals surface area contributed by atoms with E-state index in [9.17, 15) is 9.59 Å². The summed E-state index contributed by atoms with van der Waals surface area (Å²) in [6.45, 7) is 3.80. The summed E-state index contributed by atoms with van der Waals surface area (Å²) in [6, 6.07) is 13.4. The molecule has 0 amide bonds. The topological polar surface area (TPSA) is 125 Å². The van der Waals surface area contributed by atoms with Crippen LogP contribution in [-0.4, -0.2) is 59.8 Å². The third-order valence-electron chi connectivity index (χ3n) is 7.88. The van der Waals surface area contributed by atoms with Crippen molar-refractivity contribution < 1.29 is 42.7 Å². The molecule has 1 atom stereocenters. The number of hydrogen-bond acceptors (Lipinski definition) is 12. The summed E-state index contributed by atoms with van der Waals surface area (Å²) in [5, 5.41) is 0. The first kappa shape index (κ1) is 34.9. The SMILES string of the molecule is CCOC(=O)C1=C(C)N=c2s/c(=C\c3ccc(OCc4cc(OC)ccc4OC)c(OC)c3)c(=O)n2[C@H]1c1cc(OC)c(OC)c(OC)c1. The molecule has 13 heteroatoms. The standard InChI is InChI=1S/C36H38N2O10S/c1-9-47-35(40)31-20(2)37-36-38(32(31)22-17-28(44-6)33(46-8)29(18-22)45-7)34(39)30(49-36)15-21-10-12-26(27(14-21)43-5)48-19-23-16-24(41-3)11-13-25(23)42-4/h10-18,32H,9,19H2,1-8H3/b30-15-/t32-/m0/s1. The number of thiazole rings is 1. The maximum absolute atomic E-state index is 14.2. The number of nitrogens with zero attached hydrogens (tertiary/aromatic N) is 2. The highest BCUT2D eigenvalue weighted by molar-refractivity contribution is 7.07. The minimum Gasteiger partial charge on any atom is -0.497 e. The summed E-state index contributed by atoms with van der Waals surface area (Å²) in [5.74, 6) is 2.86. The van der Waals surface area contributed by atoms with Crippen molar-refractivity contribution >= 4 is 23.4 Å². The fourth-order valence-corrected chi connectivity index (χ4v) is 6.61. The normalized spacial score (nSPS) is 14.0. The Bertz CT molecular complexity index is 2060. The van der Waals surface area contributed by atoms with Crippen molar-refractivity contribution in [3.63, 3.8) is 0 Å². The van der Waals surface area contributed by atoms with Gasteiger partial charge in [-0.1, -0.05) is 17.4 Å². The zero-order chi connectivity index (χ0) is 35.2. The van der Waals surface area contributed by atoms with Crippen LogP contribution >= 0.6 is 11.3 Å². The molecule has 3 aromatic carbocycles. The molecular formula is C36H38N2O10S. The Morgan fingerprint density at radius 3 is 2.12 bits per heavy atom. The van der Waals surface area contributed by atoms with Crippen LogP contribution in [0.5, 0.6) is 40.2 Å². The zero-order valence-corrected chi connectivity index (χ0v) is 29.4. The van der Waals surface area contributed by atoms with E-state index < -0.39 is 12.0 Å². The van der Waals surface area contributed by atoms with Crippen molar-refractivity contribution in [3.05, 3.63) is 96.2 Å². The minimum atomic E-state index is -0.884. The number of ether oxygens (including phenoxy) is 8. The van der Waals surface area contributed by atoms with E-state index in [4.69, 9.17) is 37.9 Å². The third kappa shape index (κ3) is 6.93. The van der Waals surface area contributed by atoms with Gasteiger partial charge in [-0.3, -0.25) is 9.36 Å². The first-order valence-corrected chi connectivity index (χ1v) is 16.0. The highest BCUT2D eigenvalue weighted by Crippen LogP contribution is 2.42. The smallest absolute Gasteiger partial charge is 0.338 e. The van der Waals surface area contributed by atoms with Crippen LogP contribution in [0.3, 0.4) is 0 Å². The fraction of sp³-hybridized carbons (Fsp3) is 0.306. The number of methoxy groups -OCH3 is 6. The predicted molar refractivity (Wildman–Crippen MR) is 183 cm³/mol. The van der Waals surface area contributed by atoms with Crippen molar-refractivity contribution in [2.45, 2.75) is 26.5 Å². The predicted octanol–water partition coefficient (Wildman–Crippen LogP) is 4.43. The van der Waals surface area contributed by atoms with Gasteiger partial charge in [0.25, 0.3) is 5.56 Å². The molecule has 49 heavy (non-hydrogen) atoms. The first-order valence-electron chi connectivity index (χ1n) is 15.2. The molecule has 0 fully saturated rings. The first-order chi connectivity index (χ1) is 23.7. The molecule has 2 heterocycles. The van der Waals surface area contributed by atoms with Gasteiger partial charge in [-0.25, -0.2) is 9.79 Å². The van der Waals surface area contributed by atoms with Crippen LogP contribution in [-0.2, 0) is 16.1 Å². The Morgan fingerprint density at radius 1 is 0.837 bits per heavy atom. The van der Waals surface area contributed by atoms with Crippen molar-refractivity contribution in [1.82, 2.24) is 4.57 Å². The summed E-state index contributed by atoms with van der Waals surface area (Å²) in [6.07, 6.45) is 1.75. The lowest BCUT2D eigenvalue weighted by Crippen LogP contribution is -2.40. The van der Waals surface area contributed by atoms with Gasteiger partial charge in [0.05, 0.1) is 71.1 Å². The Balaban J connectivity index is 1.58. The lowest BCUT2D eigenvalue weighted by Gasteiger charge is -2.26. The summed E-state index contributed by atoms with van der Waals surface area (Å²) >= 11 is 1.20. The Labute approximate surface area is 287 Å². The van der Waals surface area contributed by atoms with Crippen molar-refractivity contribution in [2.75, 3.05) is 49.3 Å². The van der Waals surface area contributed by atoms with Crippen LogP contribution in [0.2, 0.25) is 0 Å². The summed E-state index contributed by atoms with van der Waals surface area (Å²) < 4.78 is 46.6. The Kier molecular flexibility index (Phi) is 10.8. The molecule has 1 aliphatic rings. The van der Waals surface area contributed by atoms with Crippen LogP contribution in [0.4, 0.5) is 0 Å². The van der Waals surface area contributed by atoms with Gasteiger partial charge in [0.1, 0.15) is 18.1 Å². The summed E-state index contributed by atoms with van der Waals surface area (Å²) in [7, 11) is 9.24. The number of allylic oxidation sites excluding steroid dienone is 1. The van der Waals surface area contributed by atoms with Crippen LogP contribution in [0.1, 0.15) is 36.6 Å². The Hall–Kier alpha value is -5.43. The van der Waals surface area contributed by atoms with Crippen molar-refractivity contribution in [1.29, 1.82) is 0 Å². The molecule has 0 aliphatic carbocycles. The maximum Gasteiger partial charge on any atom is 0.338 e. The van der Waals surface area contributed by atoms with E-state index in [0.717, 1.165) is 5.56 Å². The van der Waals surface area contributed by atoms with Crippen LogP contribution in [0, 0.1) is 0 Å². The second-order valence-corrected chi connectivity index (χ2v) is 11.6. The molecule has 1 aliphatic heterocycles. The second kappa shape index (κ2) is 15.2. The lowest BCUT2D eigenvalue weighted by molar-refractivity contribution is -0.139. The molecule has 4 aromatic rings. The number of carbonyl (C=O) groups excluding carboxylic acids is 1. The number of esters is 1. The lowest BCUT2D eigenvalue weighted by atomic mass is 9.95. The molecule has 0 spiro atoms. The van der Waals surface area contributed by atoms with E-state index in [-0.39, 0.29) is 24.3 Å². The number of benzene rings is 3. The van der Waals surface area contributed by atoms with E-state index in [1.165, 1.54) is 37.2 Å². The van der Waals surface area contributed by atoms with Crippen LogP contribution < -0.4 is 48.1 Å². The van der Waals surface area contributed by atoms with Gasteiger partial charge in [0, 0.05) is 5.56 Å². The molecule has 0 N–H and O–H groups in total. The van der Waals surface area contributed by atoms with Crippen molar-refractivity contribution in [2.24, 2.45) is 4.99 Å². The molecule has 0 saturated carbocycles. The molecule has 0 radical (unpaired) electrons. The van der Waals surface area contributed by atoms with E-state index in [1.807, 2.05) is 24.3 Å². The number of aromatic nitrogens is 1. The fourth-order valence-electron chi connectivity index (χ4n) is 5.56. The molecule has 5 rings (SSSR count). The van der Waals surface area contributed by atoms with E-state index in [1.54, 1.807) is 65.5 Å². The van der Waals surface area contributed by atoms with Crippen molar-refractivity contribution in [3.8, 4) is 40.2 Å². The summed E-state index contributed by atoms with van der Waals surface area (Å²) in [4.78, 5) is 32.7. The van der Waals surface area contributed by atoms with Gasteiger partial charge < -0.3 is 37.9 Å². The molecule has 0 unspecified atom stereocenters. The highest BCUT2D eigenvalue weighted by atomic mass is 32.1. The Morgan fingerprint density at radius 2 is 1.51 bits per heavy atom. The average molecular weight is 691 g/mol. The van der Waals surface area contributed by atoms with Gasteiger partial charge in [0.15, 0.2) is 27.8 Å². The molecule has 1 aromatic heterocycles. The highest BCUT2D eigenvalue weighted by Gasteiger charge is 2.34. The number of fused-ring (bicyclic) bond motifs is 1. The molecule has 12 nitrogen and oxygen atoms in total. The molecule has 258 valence electrons. The number of rotatable bonds is 13. The van der Waals surface area contributed by atoms with Crippen LogP contribution in [0.25, 0.3) is 6.08 Å². The van der Waals surface area contributed by atoms with E-state index in [0.29, 0.717) is 66.4 Å². The minimum absolute atomic E-state index is 0.149. The van der Waals surface area contributed by atoms with E-state index in [2.05, 4.69) is 4.99 Å². The van der Waals surface area contributed by atoms with Gasteiger partial charge in [0.2, 0.25) is 5.75 Å². The second-order valence-electron chi connectivity index (χ2n) is 10.6. The van der Waals surface area contributed by atoms with Gasteiger partial charge >= 0.3 is 5.97 Å². The quantitative estimate of drug-likeness (QED) is 0.186. The third-order valence-corrected chi connectivity index (χ3v) is 8.86. The van der Waals surface area contributed by atoms with Gasteiger partial charge in [-0.2, -0.15) is 0 Å². The number of carbonyl (C=O) groups is 1. The number of hydrogen-bond donors (Lipinski definition) is 0. The summed E-state index contributed by atoms with van der Waals surface area (Å²) in [5.41, 5.74) is 2.36. The zero-order valence-electron chi connectivity index (χ0n) is 28.6. The molecular weight excluding hydrogens is 652 g/mol. The molecule has 0 saturated heterocycles. The van der Waals surface area contributed by atoms with Crippen LogP contribution in [0.15, 0.2) is 69.6 Å². The monoisotopic (exact) mass is 690 g/mol. The average Bonchev–Trinajstić information content (AvgIpc) is 3.42. The largest absolute Gasteiger partial charge is 0.497 e. The molecule has 0 bridgehead atoms.